The molecule has 1 fully saturated rings. The van der Waals surface area contributed by atoms with Gasteiger partial charge in [0.25, 0.3) is 0 Å². The Morgan fingerprint density at radius 3 is 2.04 bits per heavy atom. The van der Waals surface area contributed by atoms with Crippen molar-refractivity contribution in [3.63, 3.8) is 0 Å². The molecule has 0 saturated heterocycles. The number of benzene rings is 1. The van der Waals surface area contributed by atoms with Gasteiger partial charge in [-0.3, -0.25) is 9.79 Å². The molecular formula is C52H87FN2O. The van der Waals surface area contributed by atoms with E-state index in [-0.39, 0.29) is 11.7 Å². The van der Waals surface area contributed by atoms with Gasteiger partial charge in [0.1, 0.15) is 11.6 Å². The Morgan fingerprint density at radius 1 is 1.04 bits per heavy atom. The van der Waals surface area contributed by atoms with Gasteiger partial charge in [-0.2, -0.15) is 0 Å². The van der Waals surface area contributed by atoms with E-state index in [9.17, 15) is 9.18 Å². The summed E-state index contributed by atoms with van der Waals surface area (Å²) in [4.78, 5) is 17.7. The molecule has 56 heavy (non-hydrogen) atoms. The number of nitrogens with one attached hydrogen (secondary N) is 1. The molecule has 0 aliphatic heterocycles. The van der Waals surface area contributed by atoms with Crippen molar-refractivity contribution < 1.29 is 9.18 Å². The number of ketones is 1. The fourth-order valence-electron chi connectivity index (χ4n) is 6.28. The van der Waals surface area contributed by atoms with E-state index < -0.39 is 11.2 Å². The summed E-state index contributed by atoms with van der Waals surface area (Å²) in [6, 6.07) is 6.14. The maximum absolute atomic E-state index is 14.3. The molecule has 2 rings (SSSR count). The third-order valence-electron chi connectivity index (χ3n) is 10.5. The fourth-order valence-corrected chi connectivity index (χ4v) is 6.28. The normalized spacial score (nSPS) is 17.5. The summed E-state index contributed by atoms with van der Waals surface area (Å²) in [5.74, 6) is 3.77. The minimum Gasteiger partial charge on any atom is -0.356 e. The molecule has 0 radical (unpaired) electrons. The second-order valence-electron chi connectivity index (χ2n) is 17.2. The second kappa shape index (κ2) is 29.9. The van der Waals surface area contributed by atoms with E-state index in [4.69, 9.17) is 0 Å². The molecule has 1 unspecified atom stereocenters. The van der Waals surface area contributed by atoms with Crippen LogP contribution in [0, 0.1) is 36.5 Å². The number of Topliss-reactive ketones (excluding diaryl/α,β-unsaturated/α-hetero) is 1. The zero-order valence-corrected chi connectivity index (χ0v) is 39.5. The van der Waals surface area contributed by atoms with Gasteiger partial charge < -0.3 is 5.32 Å². The first-order valence-electron chi connectivity index (χ1n) is 21.9. The lowest BCUT2D eigenvalue weighted by Crippen LogP contribution is -2.34. The van der Waals surface area contributed by atoms with Crippen LogP contribution < -0.4 is 5.32 Å². The van der Waals surface area contributed by atoms with Crippen molar-refractivity contribution in [3.8, 4) is 0 Å². The van der Waals surface area contributed by atoms with Crippen LogP contribution in [0.5, 0.6) is 0 Å². The summed E-state index contributed by atoms with van der Waals surface area (Å²) in [5, 5.41) is 3.15. The maximum atomic E-state index is 14.3. The molecule has 318 valence electrons. The topological polar surface area (TPSA) is 41.5 Å². The van der Waals surface area contributed by atoms with Crippen molar-refractivity contribution in [2.45, 2.75) is 181 Å². The Labute approximate surface area is 347 Å². The maximum Gasteiger partial charge on any atom is 0.146 e. The van der Waals surface area contributed by atoms with Crippen LogP contribution in [0.15, 0.2) is 89.1 Å². The number of carbonyl (C=O) groups excluding carboxylic acids is 1. The molecule has 3 nitrogen and oxygen atoms in total. The predicted molar refractivity (Wildman–Crippen MR) is 251 cm³/mol. The van der Waals surface area contributed by atoms with Crippen molar-refractivity contribution in [1.29, 1.82) is 0 Å². The molecule has 0 bridgehead atoms. The van der Waals surface area contributed by atoms with E-state index in [0.29, 0.717) is 5.70 Å². The number of hydrogen-bond donors (Lipinski definition) is 1. The zero-order chi connectivity index (χ0) is 43.6. The first-order valence-corrected chi connectivity index (χ1v) is 21.9. The summed E-state index contributed by atoms with van der Waals surface area (Å²) < 4.78 is 14.3. The molecule has 0 amide bonds. The number of rotatable bonds is 18. The smallest absolute Gasteiger partial charge is 0.146 e. The SMILES string of the molecule is C=C/C(F)=C(\C=C/C)N/C(C)=C(C)/C(=C\C(=C)c1ccc(C(C)(C)C(=O)C(C)CC)c(C)c1)N=CCC.CC(C)C.CCC1CC(C)C1.CCCC[C@@H](C)CC. The number of allylic oxidation sites excluding steroid dienone is 8. The second-order valence-corrected chi connectivity index (χ2v) is 17.2. The van der Waals surface area contributed by atoms with E-state index in [2.05, 4.69) is 84.9 Å². The van der Waals surface area contributed by atoms with Crippen LogP contribution in [0.25, 0.3) is 5.57 Å². The number of aryl methyl sites for hydroxylation is 1. The van der Waals surface area contributed by atoms with Gasteiger partial charge in [0.2, 0.25) is 0 Å². The molecule has 1 aliphatic rings. The predicted octanol–water partition coefficient (Wildman–Crippen LogP) is 16.4. The Hall–Kier alpha value is -3.27. The highest BCUT2D eigenvalue weighted by Gasteiger charge is 2.33. The van der Waals surface area contributed by atoms with E-state index in [0.717, 1.165) is 75.7 Å². The summed E-state index contributed by atoms with van der Waals surface area (Å²) in [6.07, 6.45) is 20.0. The lowest BCUT2D eigenvalue weighted by molar-refractivity contribution is -0.127. The summed E-state index contributed by atoms with van der Waals surface area (Å²) in [7, 11) is 0. The van der Waals surface area contributed by atoms with Crippen molar-refractivity contribution in [3.05, 3.63) is 101 Å². The van der Waals surface area contributed by atoms with Crippen LogP contribution in [0.3, 0.4) is 0 Å². The molecule has 1 N–H and O–H groups in total. The van der Waals surface area contributed by atoms with Gasteiger partial charge in [-0.15, -0.1) is 0 Å². The van der Waals surface area contributed by atoms with E-state index in [1.807, 2.05) is 86.7 Å². The van der Waals surface area contributed by atoms with Gasteiger partial charge in [-0.1, -0.05) is 146 Å². The number of aliphatic imine (C=N–C) groups is 1. The first kappa shape index (κ1) is 54.8. The molecular weight excluding hydrogens is 688 g/mol. The van der Waals surface area contributed by atoms with Crippen LogP contribution >= 0.6 is 0 Å². The van der Waals surface area contributed by atoms with Crippen molar-refractivity contribution >= 4 is 17.6 Å². The standard InChI is InChI=1S/C33H45FN2O.C8H18.C7H14.C4H10/c1-12-16-30(29(34)15-4)36-26(9)25(8)31(35-19-13-2)21-23(6)27-17-18-28(24(7)20-27)33(10,11)32(37)22(5)14-3;1-4-6-7-8(3)5-2;1-3-7-4-6(2)5-7;1-4(2)3/h12,15-22,36H,4,6,13-14H2,1-3,5,7-11H3;8H,4-7H2,1-3H3;6-7H,3-5H2,1-2H3;4H,1-3H3/b16-12-,26-25+,30-29-,31-21+,35-19?;;;/t;8-;;/m.0../s1. The van der Waals surface area contributed by atoms with Gasteiger partial charge in [-0.05, 0) is 137 Å². The Kier molecular flexibility index (Phi) is 29.3. The van der Waals surface area contributed by atoms with Gasteiger partial charge in [-0.25, -0.2) is 4.39 Å². The molecule has 4 heteroatoms. The van der Waals surface area contributed by atoms with Gasteiger partial charge in [0.05, 0.1) is 11.4 Å². The molecule has 0 spiro atoms. The highest BCUT2D eigenvalue weighted by molar-refractivity contribution is 5.91. The Balaban J connectivity index is 0. The van der Waals surface area contributed by atoms with Crippen LogP contribution in [0.2, 0.25) is 0 Å². The largest absolute Gasteiger partial charge is 0.356 e. The number of unbranched alkanes of at least 4 members (excludes halogenated alkanes) is 1. The summed E-state index contributed by atoms with van der Waals surface area (Å²) in [6.45, 7) is 43.6. The van der Waals surface area contributed by atoms with Crippen LogP contribution in [0.1, 0.15) is 185 Å². The number of carbonyl (C=O) groups is 1. The van der Waals surface area contributed by atoms with Crippen LogP contribution in [0.4, 0.5) is 4.39 Å². The molecule has 0 heterocycles. The average molecular weight is 775 g/mol. The third kappa shape index (κ3) is 21.3. The lowest BCUT2D eigenvalue weighted by Gasteiger charge is -2.31. The van der Waals surface area contributed by atoms with Gasteiger partial charge in [0.15, 0.2) is 0 Å². The first-order chi connectivity index (χ1) is 26.2. The zero-order valence-electron chi connectivity index (χ0n) is 39.5. The average Bonchev–Trinajstić information content (AvgIpc) is 3.15. The highest BCUT2D eigenvalue weighted by atomic mass is 19.1. The number of halogens is 1. The minimum absolute atomic E-state index is 0.0145. The van der Waals surface area contributed by atoms with Crippen molar-refractivity contribution in [2.75, 3.05) is 0 Å². The van der Waals surface area contributed by atoms with Crippen LogP contribution in [-0.2, 0) is 10.2 Å². The van der Waals surface area contributed by atoms with E-state index in [1.165, 1.54) is 51.0 Å². The molecule has 0 aromatic heterocycles. The molecule has 1 aromatic carbocycles. The molecule has 1 saturated carbocycles. The Morgan fingerprint density at radius 2 is 1.62 bits per heavy atom. The van der Waals surface area contributed by atoms with Crippen molar-refractivity contribution in [2.24, 2.45) is 34.6 Å². The molecule has 1 aromatic rings. The van der Waals surface area contributed by atoms with Gasteiger partial charge >= 0.3 is 0 Å². The quantitative estimate of drug-likeness (QED) is 0.119. The summed E-state index contributed by atoms with van der Waals surface area (Å²) >= 11 is 0. The molecule has 2 atom stereocenters. The lowest BCUT2D eigenvalue weighted by atomic mass is 9.73. The Bertz CT molecular complexity index is 1460. The fraction of sp³-hybridized carbons (Fsp3) is 0.615. The monoisotopic (exact) mass is 775 g/mol. The molecule has 1 aliphatic carbocycles. The van der Waals surface area contributed by atoms with Crippen LogP contribution in [-0.4, -0.2) is 12.0 Å². The highest BCUT2D eigenvalue weighted by Crippen LogP contribution is 2.35. The number of hydrogen-bond acceptors (Lipinski definition) is 3. The van der Waals surface area contributed by atoms with E-state index >= 15 is 0 Å². The third-order valence-corrected chi connectivity index (χ3v) is 10.5. The number of nitrogens with zero attached hydrogens (tertiary/aromatic N) is 1. The summed E-state index contributed by atoms with van der Waals surface area (Å²) in [5.41, 5.74) is 6.02. The minimum atomic E-state index is -0.563. The van der Waals surface area contributed by atoms with Gasteiger partial charge in [0, 0.05) is 23.2 Å². The van der Waals surface area contributed by atoms with E-state index in [1.54, 1.807) is 12.2 Å². The van der Waals surface area contributed by atoms with Crippen molar-refractivity contribution in [1.82, 2.24) is 5.32 Å².